The van der Waals surface area contributed by atoms with Gasteiger partial charge in [0.2, 0.25) is 0 Å². The van der Waals surface area contributed by atoms with Gasteiger partial charge in [-0.2, -0.15) is 0 Å². The van der Waals surface area contributed by atoms with Gasteiger partial charge in [0, 0.05) is 18.0 Å². The van der Waals surface area contributed by atoms with Gasteiger partial charge in [-0.1, -0.05) is 13.0 Å². The fourth-order valence-electron chi connectivity index (χ4n) is 3.49. The Kier molecular flexibility index (Phi) is 4.76. The number of carboxylic acid groups (broad SMARTS) is 1. The molecule has 0 bridgehead atoms. The molecule has 2 aliphatic rings. The molecular weight excluding hydrogens is 346 g/mol. The second kappa shape index (κ2) is 6.83. The first-order chi connectivity index (χ1) is 12.0. The zero-order valence-electron chi connectivity index (χ0n) is 13.8. The summed E-state index contributed by atoms with van der Waals surface area (Å²) in [5, 5.41) is 10.9. The Morgan fingerprint density at radius 3 is 2.72 bits per heavy atom. The average Bonchev–Trinajstić information content (AvgIpc) is 3.24. The summed E-state index contributed by atoms with van der Waals surface area (Å²) in [5.41, 5.74) is 0. The highest BCUT2D eigenvalue weighted by Crippen LogP contribution is 2.32. The van der Waals surface area contributed by atoms with E-state index in [1.54, 1.807) is 4.90 Å². The number of urea groups is 1. The molecule has 1 N–H and O–H groups in total. The molecule has 9 heteroatoms. The Bertz CT molecular complexity index is 705. The van der Waals surface area contributed by atoms with E-state index in [9.17, 15) is 19.2 Å². The van der Waals surface area contributed by atoms with E-state index in [1.807, 2.05) is 24.4 Å². The van der Waals surface area contributed by atoms with Crippen LogP contribution in [0.3, 0.4) is 0 Å². The minimum absolute atomic E-state index is 0.153. The number of hydrogen-bond donors (Lipinski definition) is 1. The Hall–Kier alpha value is -2.42. The van der Waals surface area contributed by atoms with Crippen molar-refractivity contribution in [2.45, 2.75) is 38.4 Å². The van der Waals surface area contributed by atoms with Crippen molar-refractivity contribution >= 4 is 35.2 Å². The van der Waals surface area contributed by atoms with Crippen LogP contribution in [0, 0.1) is 0 Å². The molecule has 0 saturated carbocycles. The molecule has 134 valence electrons. The molecule has 0 aliphatic carbocycles. The zero-order valence-corrected chi connectivity index (χ0v) is 14.6. The van der Waals surface area contributed by atoms with E-state index in [4.69, 9.17) is 5.11 Å². The molecule has 2 fully saturated rings. The molecule has 0 spiro atoms. The third-order valence-electron chi connectivity index (χ3n) is 4.56. The first-order valence-electron chi connectivity index (χ1n) is 8.14. The molecule has 1 aromatic rings. The third-order valence-corrected chi connectivity index (χ3v) is 5.42. The number of likely N-dealkylation sites (tertiary alicyclic amines) is 1. The summed E-state index contributed by atoms with van der Waals surface area (Å²) in [6.45, 7) is 2.60. The summed E-state index contributed by atoms with van der Waals surface area (Å²) in [6, 6.07) is 2.01. The van der Waals surface area contributed by atoms with Crippen LogP contribution in [0.25, 0.3) is 0 Å². The highest BCUT2D eigenvalue weighted by Gasteiger charge is 2.53. The number of carbonyl (C=O) groups is 4. The molecule has 4 amide bonds. The molecule has 0 radical (unpaired) electrons. The third kappa shape index (κ3) is 2.99. The van der Waals surface area contributed by atoms with Gasteiger partial charge in [0.1, 0.15) is 6.04 Å². The van der Waals surface area contributed by atoms with Crippen LogP contribution in [0.15, 0.2) is 17.5 Å². The Morgan fingerprint density at radius 1 is 1.36 bits per heavy atom. The molecule has 25 heavy (non-hydrogen) atoms. The topological polar surface area (TPSA) is 98.2 Å². The van der Waals surface area contributed by atoms with Gasteiger partial charge in [0.15, 0.2) is 0 Å². The molecule has 2 atom stereocenters. The second-order valence-electron chi connectivity index (χ2n) is 6.08. The van der Waals surface area contributed by atoms with Gasteiger partial charge in [0.05, 0.1) is 12.6 Å². The zero-order chi connectivity index (χ0) is 18.1. The number of aliphatic carboxylic acids is 1. The van der Waals surface area contributed by atoms with Crippen LogP contribution in [0.1, 0.15) is 24.6 Å². The highest BCUT2D eigenvalue weighted by atomic mass is 32.1. The minimum Gasteiger partial charge on any atom is -0.474 e. The maximum absolute atomic E-state index is 12.8. The number of amides is 4. The van der Waals surface area contributed by atoms with Crippen molar-refractivity contribution in [2.75, 3.05) is 13.1 Å². The summed E-state index contributed by atoms with van der Waals surface area (Å²) in [4.78, 5) is 53.5. The summed E-state index contributed by atoms with van der Waals surface area (Å²) in [6.07, 6.45) is 0.987. The fourth-order valence-corrected chi connectivity index (χ4v) is 4.19. The lowest BCUT2D eigenvalue weighted by Crippen LogP contribution is -2.66. The number of carbonyl (C=O) groups excluding carboxylic acids is 3. The van der Waals surface area contributed by atoms with Crippen molar-refractivity contribution in [3.05, 3.63) is 22.4 Å². The van der Waals surface area contributed by atoms with Crippen molar-refractivity contribution < 1.29 is 24.3 Å². The first-order valence-corrected chi connectivity index (χ1v) is 9.02. The van der Waals surface area contributed by atoms with Crippen LogP contribution < -0.4 is 0 Å². The van der Waals surface area contributed by atoms with Gasteiger partial charge in [0.25, 0.3) is 5.91 Å². The van der Waals surface area contributed by atoms with Gasteiger partial charge < -0.3 is 14.9 Å². The van der Waals surface area contributed by atoms with Crippen LogP contribution in [-0.4, -0.2) is 68.8 Å². The minimum atomic E-state index is -1.59. The fraction of sp³-hybridized carbons (Fsp3) is 0.500. The van der Waals surface area contributed by atoms with E-state index in [2.05, 4.69) is 0 Å². The number of hydrogen-bond acceptors (Lipinski definition) is 5. The van der Waals surface area contributed by atoms with E-state index in [1.165, 1.54) is 11.3 Å². The van der Waals surface area contributed by atoms with Crippen molar-refractivity contribution in [1.29, 1.82) is 0 Å². The normalized spacial score (nSPS) is 23.2. The molecule has 8 nitrogen and oxygen atoms in total. The highest BCUT2D eigenvalue weighted by molar-refractivity contribution is 7.09. The maximum atomic E-state index is 12.8. The quantitative estimate of drug-likeness (QED) is 0.802. The maximum Gasteiger partial charge on any atom is 0.394 e. The van der Waals surface area contributed by atoms with Gasteiger partial charge in [-0.3, -0.25) is 14.5 Å². The van der Waals surface area contributed by atoms with E-state index in [0.717, 1.165) is 14.7 Å². The van der Waals surface area contributed by atoms with Crippen LogP contribution in [-0.2, 0) is 20.9 Å². The van der Waals surface area contributed by atoms with Crippen molar-refractivity contribution in [3.8, 4) is 0 Å². The lowest BCUT2D eigenvalue weighted by Gasteiger charge is -2.43. The average molecular weight is 365 g/mol. The molecule has 3 heterocycles. The van der Waals surface area contributed by atoms with E-state index < -0.39 is 29.9 Å². The molecule has 3 rings (SSSR count). The van der Waals surface area contributed by atoms with E-state index >= 15 is 0 Å². The van der Waals surface area contributed by atoms with Crippen LogP contribution in [0.2, 0.25) is 0 Å². The summed E-state index contributed by atoms with van der Waals surface area (Å²) < 4.78 is 0. The van der Waals surface area contributed by atoms with Crippen LogP contribution >= 0.6 is 11.3 Å². The van der Waals surface area contributed by atoms with E-state index in [-0.39, 0.29) is 19.1 Å². The number of carboxylic acids is 1. The van der Waals surface area contributed by atoms with Crippen molar-refractivity contribution in [3.63, 3.8) is 0 Å². The second-order valence-corrected chi connectivity index (χ2v) is 7.12. The Labute approximate surface area is 148 Å². The first kappa shape index (κ1) is 17.4. The Balaban J connectivity index is 1.93. The van der Waals surface area contributed by atoms with Crippen molar-refractivity contribution in [1.82, 2.24) is 14.7 Å². The smallest absolute Gasteiger partial charge is 0.394 e. The van der Waals surface area contributed by atoms with Gasteiger partial charge in [-0.25, -0.2) is 9.59 Å². The molecule has 1 aromatic heterocycles. The predicted octanol–water partition coefficient (Wildman–Crippen LogP) is 0.976. The largest absolute Gasteiger partial charge is 0.474 e. The number of rotatable bonds is 4. The number of nitrogens with zero attached hydrogens (tertiary/aromatic N) is 3. The molecular formula is C16H19N3O5S. The summed E-state index contributed by atoms with van der Waals surface area (Å²) >= 11 is 1.51. The van der Waals surface area contributed by atoms with Crippen LogP contribution in [0.4, 0.5) is 4.79 Å². The standard InChI is InChI=1S/C16H19N3O5S/c1-2-6-18-13(20)12-11(5-7-17(12)14(21)15(22)23)19(16(18)24)9-10-4-3-8-25-10/h3-4,8,11-12H,2,5-7,9H2,1H3,(H,22,23)/t11-,12+/m1/s1. The summed E-state index contributed by atoms with van der Waals surface area (Å²) in [5.74, 6) is -3.16. The Morgan fingerprint density at radius 2 is 2.12 bits per heavy atom. The monoisotopic (exact) mass is 365 g/mol. The summed E-state index contributed by atoms with van der Waals surface area (Å²) in [7, 11) is 0. The van der Waals surface area contributed by atoms with Crippen molar-refractivity contribution in [2.24, 2.45) is 0 Å². The van der Waals surface area contributed by atoms with Gasteiger partial charge in [-0.05, 0) is 24.3 Å². The molecule has 2 aliphatic heterocycles. The lowest BCUT2D eigenvalue weighted by atomic mass is 10.0. The van der Waals surface area contributed by atoms with Gasteiger partial charge in [-0.15, -0.1) is 11.3 Å². The number of fused-ring (bicyclic) bond motifs is 1. The number of imide groups is 1. The SMILES string of the molecule is CCCN1C(=O)[C@@H]2[C@@H](CCN2C(=O)C(=O)O)N(Cc2cccs2)C1=O. The van der Waals surface area contributed by atoms with Gasteiger partial charge >= 0.3 is 17.9 Å². The molecule has 0 aromatic carbocycles. The van der Waals surface area contributed by atoms with E-state index in [0.29, 0.717) is 19.4 Å². The lowest BCUT2D eigenvalue weighted by molar-refractivity contribution is -0.159. The molecule has 2 saturated heterocycles. The molecule has 0 unspecified atom stereocenters. The predicted molar refractivity (Wildman–Crippen MR) is 88.8 cm³/mol. The van der Waals surface area contributed by atoms with Crippen LogP contribution in [0.5, 0.6) is 0 Å². The number of thiophene rings is 1.